The van der Waals surface area contributed by atoms with Gasteiger partial charge in [-0.3, -0.25) is 4.79 Å². The number of hydrogen-bond donors (Lipinski definition) is 1. The summed E-state index contributed by atoms with van der Waals surface area (Å²) in [6.07, 6.45) is 0. The molecule has 0 saturated heterocycles. The molecule has 0 atom stereocenters. The van der Waals surface area contributed by atoms with Crippen LogP contribution in [0.5, 0.6) is 0 Å². The van der Waals surface area contributed by atoms with Crippen LogP contribution in [0.15, 0.2) is 54.6 Å². The van der Waals surface area contributed by atoms with Gasteiger partial charge in [-0.15, -0.1) is 0 Å². The van der Waals surface area contributed by atoms with Crippen molar-refractivity contribution < 1.29 is 4.79 Å². The van der Waals surface area contributed by atoms with Crippen LogP contribution in [0, 0.1) is 6.92 Å². The molecule has 0 spiro atoms. The number of carbonyl (C=O) groups is 1. The first-order valence-electron chi connectivity index (χ1n) is 6.66. The van der Waals surface area contributed by atoms with Crippen LogP contribution < -0.4 is 5.73 Å². The van der Waals surface area contributed by atoms with Gasteiger partial charge in [-0.05, 0) is 41.5 Å². The van der Waals surface area contributed by atoms with E-state index < -0.39 is 0 Å². The molecule has 21 heavy (non-hydrogen) atoms. The Hall–Kier alpha value is -2.32. The minimum Gasteiger partial charge on any atom is -0.399 e. The highest BCUT2D eigenvalue weighted by molar-refractivity contribution is 6.35. The van der Waals surface area contributed by atoms with Gasteiger partial charge in [0.25, 0.3) is 0 Å². The lowest BCUT2D eigenvalue weighted by Crippen LogP contribution is -2.04. The summed E-state index contributed by atoms with van der Waals surface area (Å²) in [5, 5.41) is 2.42. The average Bonchev–Trinajstić information content (AvgIpc) is 2.50. The van der Waals surface area contributed by atoms with Crippen molar-refractivity contribution in [2.75, 3.05) is 5.73 Å². The predicted octanol–water partition coefficient (Wildman–Crippen LogP) is 4.61. The fourth-order valence-electron chi connectivity index (χ4n) is 2.51. The van der Waals surface area contributed by atoms with E-state index in [4.69, 9.17) is 17.3 Å². The highest BCUT2D eigenvalue weighted by Crippen LogP contribution is 2.27. The molecule has 3 rings (SSSR count). The van der Waals surface area contributed by atoms with Gasteiger partial charge in [0.2, 0.25) is 0 Å². The zero-order valence-corrected chi connectivity index (χ0v) is 12.3. The highest BCUT2D eigenvalue weighted by atomic mass is 35.5. The second kappa shape index (κ2) is 5.23. The molecule has 0 heterocycles. The fraction of sp³-hybridized carbons (Fsp3) is 0.0556. The fourth-order valence-corrected chi connectivity index (χ4v) is 2.71. The summed E-state index contributed by atoms with van der Waals surface area (Å²) >= 11 is 6.15. The summed E-state index contributed by atoms with van der Waals surface area (Å²) in [5.41, 5.74) is 8.51. The van der Waals surface area contributed by atoms with Gasteiger partial charge in [-0.1, -0.05) is 48.0 Å². The number of hydrogen-bond acceptors (Lipinski definition) is 2. The van der Waals surface area contributed by atoms with Crippen molar-refractivity contribution in [3.8, 4) is 0 Å². The standard InChI is InChI=1S/C18H14ClNO/c1-11-6-8-15(14-5-3-2-4-13(11)14)18(21)16-10-12(20)7-9-17(16)19/h2-10H,20H2,1H3. The molecule has 0 aromatic heterocycles. The van der Waals surface area contributed by atoms with Gasteiger partial charge < -0.3 is 5.73 Å². The number of benzene rings is 3. The van der Waals surface area contributed by atoms with Gasteiger partial charge in [-0.2, -0.15) is 0 Å². The van der Waals surface area contributed by atoms with Crippen LogP contribution in [0.2, 0.25) is 5.02 Å². The summed E-state index contributed by atoms with van der Waals surface area (Å²) in [5.74, 6) is -0.108. The van der Waals surface area contributed by atoms with Crippen LogP contribution >= 0.6 is 11.6 Å². The van der Waals surface area contributed by atoms with E-state index in [-0.39, 0.29) is 5.78 Å². The van der Waals surface area contributed by atoms with E-state index in [2.05, 4.69) is 0 Å². The van der Waals surface area contributed by atoms with Crippen LogP contribution in [0.3, 0.4) is 0 Å². The van der Waals surface area contributed by atoms with Gasteiger partial charge >= 0.3 is 0 Å². The second-order valence-corrected chi connectivity index (χ2v) is 5.45. The molecular weight excluding hydrogens is 282 g/mol. The summed E-state index contributed by atoms with van der Waals surface area (Å²) in [6.45, 7) is 2.03. The number of ketones is 1. The Labute approximate surface area is 128 Å². The molecule has 0 bridgehead atoms. The van der Waals surface area contributed by atoms with Crippen molar-refractivity contribution >= 4 is 33.8 Å². The third-order valence-electron chi connectivity index (χ3n) is 3.62. The van der Waals surface area contributed by atoms with Crippen LogP contribution in [0.25, 0.3) is 10.8 Å². The number of anilines is 1. The van der Waals surface area contributed by atoms with Crippen molar-refractivity contribution in [1.29, 1.82) is 0 Å². The molecule has 2 nitrogen and oxygen atoms in total. The highest BCUT2D eigenvalue weighted by Gasteiger charge is 2.16. The normalized spacial score (nSPS) is 10.8. The maximum Gasteiger partial charge on any atom is 0.195 e. The lowest BCUT2D eigenvalue weighted by Gasteiger charge is -2.10. The van der Waals surface area contributed by atoms with E-state index in [9.17, 15) is 4.79 Å². The van der Waals surface area contributed by atoms with E-state index >= 15 is 0 Å². The van der Waals surface area contributed by atoms with Crippen molar-refractivity contribution in [3.63, 3.8) is 0 Å². The monoisotopic (exact) mass is 295 g/mol. The quantitative estimate of drug-likeness (QED) is 0.554. The molecule has 0 unspecified atom stereocenters. The van der Waals surface area contributed by atoms with Gasteiger partial charge in [-0.25, -0.2) is 0 Å². The van der Waals surface area contributed by atoms with Crippen molar-refractivity contribution in [2.24, 2.45) is 0 Å². The first-order chi connectivity index (χ1) is 10.1. The van der Waals surface area contributed by atoms with Crippen molar-refractivity contribution in [3.05, 3.63) is 76.3 Å². The van der Waals surface area contributed by atoms with E-state index in [0.29, 0.717) is 21.8 Å². The van der Waals surface area contributed by atoms with E-state index in [1.54, 1.807) is 18.2 Å². The number of fused-ring (bicyclic) bond motifs is 1. The van der Waals surface area contributed by atoms with Crippen molar-refractivity contribution in [2.45, 2.75) is 6.92 Å². The number of carbonyl (C=O) groups excluding carboxylic acids is 1. The molecular formula is C18H14ClNO. The van der Waals surface area contributed by atoms with Gasteiger partial charge in [0.1, 0.15) is 0 Å². The Balaban J connectivity index is 2.23. The Morgan fingerprint density at radius 3 is 2.43 bits per heavy atom. The molecule has 0 saturated carbocycles. The van der Waals surface area contributed by atoms with Crippen LogP contribution in [-0.4, -0.2) is 5.78 Å². The SMILES string of the molecule is Cc1ccc(C(=O)c2cc(N)ccc2Cl)c2ccccc12. The Morgan fingerprint density at radius 1 is 0.952 bits per heavy atom. The largest absolute Gasteiger partial charge is 0.399 e. The average molecular weight is 296 g/mol. The smallest absolute Gasteiger partial charge is 0.195 e. The number of nitrogens with two attached hydrogens (primary N) is 1. The molecule has 0 aliphatic heterocycles. The Kier molecular flexibility index (Phi) is 3.40. The molecule has 0 fully saturated rings. The summed E-state index contributed by atoms with van der Waals surface area (Å²) in [4.78, 5) is 12.8. The summed E-state index contributed by atoms with van der Waals surface area (Å²) < 4.78 is 0. The zero-order chi connectivity index (χ0) is 15.0. The first kappa shape index (κ1) is 13.7. The van der Waals surface area contributed by atoms with E-state index in [1.165, 1.54) is 0 Å². The molecule has 0 aliphatic rings. The minimum atomic E-state index is -0.108. The molecule has 3 heteroatoms. The predicted molar refractivity (Wildman–Crippen MR) is 88.0 cm³/mol. The van der Waals surface area contributed by atoms with Crippen LogP contribution in [0.1, 0.15) is 21.5 Å². The molecule has 3 aromatic rings. The van der Waals surface area contributed by atoms with E-state index in [0.717, 1.165) is 16.3 Å². The Bertz CT molecular complexity index is 855. The lowest BCUT2D eigenvalue weighted by molar-refractivity contribution is 0.104. The summed E-state index contributed by atoms with van der Waals surface area (Å²) in [6, 6.07) is 16.6. The van der Waals surface area contributed by atoms with Gasteiger partial charge in [0, 0.05) is 16.8 Å². The second-order valence-electron chi connectivity index (χ2n) is 5.04. The van der Waals surface area contributed by atoms with Crippen molar-refractivity contribution in [1.82, 2.24) is 0 Å². The number of rotatable bonds is 2. The maximum absolute atomic E-state index is 12.8. The third kappa shape index (κ3) is 2.39. The molecule has 0 aliphatic carbocycles. The van der Waals surface area contributed by atoms with Gasteiger partial charge in [0.15, 0.2) is 5.78 Å². The maximum atomic E-state index is 12.8. The zero-order valence-electron chi connectivity index (χ0n) is 11.6. The number of aryl methyl sites for hydroxylation is 1. The topological polar surface area (TPSA) is 43.1 Å². The lowest BCUT2D eigenvalue weighted by atomic mass is 9.94. The van der Waals surface area contributed by atoms with Gasteiger partial charge in [0.05, 0.1) is 5.02 Å². The molecule has 104 valence electrons. The third-order valence-corrected chi connectivity index (χ3v) is 3.95. The molecule has 0 amide bonds. The molecule has 0 radical (unpaired) electrons. The molecule has 3 aromatic carbocycles. The minimum absolute atomic E-state index is 0.108. The summed E-state index contributed by atoms with van der Waals surface area (Å²) in [7, 11) is 0. The van der Waals surface area contributed by atoms with Crippen LogP contribution in [-0.2, 0) is 0 Å². The number of nitrogen functional groups attached to an aromatic ring is 1. The Morgan fingerprint density at radius 2 is 1.67 bits per heavy atom. The van der Waals surface area contributed by atoms with Crippen LogP contribution in [0.4, 0.5) is 5.69 Å². The molecule has 2 N–H and O–H groups in total. The number of halogens is 1. The first-order valence-corrected chi connectivity index (χ1v) is 7.04. The van der Waals surface area contributed by atoms with E-state index in [1.807, 2.05) is 43.3 Å².